The molecule has 0 fully saturated rings. The summed E-state index contributed by atoms with van der Waals surface area (Å²) < 4.78 is 32.1. The molecule has 0 saturated heterocycles. The van der Waals surface area contributed by atoms with Crippen LogP contribution >= 0.6 is 0 Å². The highest BCUT2D eigenvalue weighted by Crippen LogP contribution is 2.20. The summed E-state index contributed by atoms with van der Waals surface area (Å²) in [4.78, 5) is 24.2. The molecule has 0 heterocycles. The molecule has 0 aromatic heterocycles. The van der Waals surface area contributed by atoms with Gasteiger partial charge in [-0.2, -0.15) is 0 Å². The Kier molecular flexibility index (Phi) is 6.56. The van der Waals surface area contributed by atoms with Crippen LogP contribution in [-0.2, 0) is 14.8 Å². The second-order valence-electron chi connectivity index (χ2n) is 6.61. The van der Waals surface area contributed by atoms with Gasteiger partial charge in [0.1, 0.15) is 0 Å². The Morgan fingerprint density at radius 1 is 0.806 bits per heavy atom. The topological polar surface area (TPSA) is 114 Å². The molecule has 0 atom stereocenters. The van der Waals surface area contributed by atoms with Crippen LogP contribution in [0.5, 0.6) is 0 Å². The number of hydrogen-bond donors (Lipinski definition) is 3. The highest BCUT2D eigenvalue weighted by atomic mass is 32.2. The summed E-state index contributed by atoms with van der Waals surface area (Å²) in [7, 11) is -2.46. The van der Waals surface area contributed by atoms with E-state index in [2.05, 4.69) is 15.4 Å². The highest BCUT2D eigenvalue weighted by molar-refractivity contribution is 7.92. The number of anilines is 3. The number of carbonyl (C=O) groups excluding carboxylic acids is 2. The third-order valence-corrected chi connectivity index (χ3v) is 5.70. The number of carbonyl (C=O) groups is 2. The van der Waals surface area contributed by atoms with E-state index in [0.29, 0.717) is 17.1 Å². The number of para-hydroxylation sites is 1. The molecule has 3 aromatic rings. The Morgan fingerprint density at radius 3 is 2.06 bits per heavy atom. The number of hydrogen-bond acceptors (Lipinski definition) is 5. The van der Waals surface area contributed by atoms with Gasteiger partial charge in [-0.05, 0) is 55.5 Å². The van der Waals surface area contributed by atoms with E-state index in [-0.39, 0.29) is 10.5 Å². The van der Waals surface area contributed by atoms with Crippen molar-refractivity contribution in [3.8, 4) is 0 Å². The van der Waals surface area contributed by atoms with Crippen molar-refractivity contribution in [2.24, 2.45) is 0 Å². The lowest BCUT2D eigenvalue weighted by Gasteiger charge is -2.12. The van der Waals surface area contributed by atoms with Gasteiger partial charge in [0.05, 0.1) is 23.3 Å². The van der Waals surface area contributed by atoms with E-state index in [1.807, 2.05) is 6.92 Å². The number of rotatable bonds is 6. The summed E-state index contributed by atoms with van der Waals surface area (Å²) in [5.41, 5.74) is 2.27. The molecule has 3 aromatic carbocycles. The molecule has 8 nitrogen and oxygen atoms in total. The van der Waals surface area contributed by atoms with Gasteiger partial charge in [0.25, 0.3) is 10.0 Å². The predicted octanol–water partition coefficient (Wildman–Crippen LogP) is 4.23. The van der Waals surface area contributed by atoms with Crippen molar-refractivity contribution >= 4 is 39.1 Å². The van der Waals surface area contributed by atoms with Crippen molar-refractivity contribution in [1.82, 2.24) is 0 Å². The number of amides is 2. The number of benzene rings is 3. The predicted molar refractivity (Wildman–Crippen MR) is 119 cm³/mol. The van der Waals surface area contributed by atoms with E-state index in [4.69, 9.17) is 4.74 Å². The number of methoxy groups -OCH3 is 1. The number of nitrogens with one attached hydrogen (secondary N) is 3. The molecule has 31 heavy (non-hydrogen) atoms. The van der Waals surface area contributed by atoms with Crippen LogP contribution in [0, 0.1) is 6.92 Å². The second-order valence-corrected chi connectivity index (χ2v) is 8.29. The van der Waals surface area contributed by atoms with Crippen molar-refractivity contribution in [1.29, 1.82) is 0 Å². The van der Waals surface area contributed by atoms with E-state index in [0.717, 1.165) is 5.56 Å². The number of aryl methyl sites for hydroxylation is 1. The molecule has 0 aliphatic heterocycles. The standard InChI is InChI=1S/C22H21N3O5S/c1-15-7-13-18(14-8-15)31(28,29)25-17-11-9-16(10-12-17)23-22(27)24-20-6-4-3-5-19(20)21(26)30-2/h3-14,25H,1-2H3,(H2,23,24,27). The first-order valence-electron chi connectivity index (χ1n) is 9.23. The van der Waals surface area contributed by atoms with Crippen LogP contribution in [-0.4, -0.2) is 27.5 Å². The summed E-state index contributed by atoms with van der Waals surface area (Å²) in [5.74, 6) is -0.568. The first-order valence-corrected chi connectivity index (χ1v) is 10.7. The summed E-state index contributed by atoms with van der Waals surface area (Å²) in [6.45, 7) is 1.87. The van der Waals surface area contributed by atoms with E-state index >= 15 is 0 Å². The van der Waals surface area contributed by atoms with Crippen molar-refractivity contribution in [2.75, 3.05) is 22.5 Å². The van der Waals surface area contributed by atoms with Gasteiger partial charge < -0.3 is 15.4 Å². The number of esters is 1. The third kappa shape index (κ3) is 5.61. The molecule has 0 saturated carbocycles. The first kappa shape index (κ1) is 21.8. The van der Waals surface area contributed by atoms with Gasteiger partial charge >= 0.3 is 12.0 Å². The van der Waals surface area contributed by atoms with Gasteiger partial charge in [0, 0.05) is 11.4 Å². The Morgan fingerprint density at radius 2 is 1.42 bits per heavy atom. The Bertz CT molecular complexity index is 1190. The monoisotopic (exact) mass is 439 g/mol. The molecule has 0 aliphatic carbocycles. The second kappa shape index (κ2) is 9.31. The van der Waals surface area contributed by atoms with Crippen molar-refractivity contribution in [3.05, 3.63) is 83.9 Å². The maximum atomic E-state index is 12.5. The molecule has 0 aliphatic rings. The largest absolute Gasteiger partial charge is 0.465 e. The molecular formula is C22H21N3O5S. The smallest absolute Gasteiger partial charge is 0.339 e. The van der Waals surface area contributed by atoms with Gasteiger partial charge in [-0.3, -0.25) is 4.72 Å². The van der Waals surface area contributed by atoms with Crippen LogP contribution in [0.25, 0.3) is 0 Å². The molecule has 0 spiro atoms. The SMILES string of the molecule is COC(=O)c1ccccc1NC(=O)Nc1ccc(NS(=O)(=O)c2ccc(C)cc2)cc1. The lowest BCUT2D eigenvalue weighted by atomic mass is 10.2. The average Bonchev–Trinajstić information content (AvgIpc) is 2.75. The van der Waals surface area contributed by atoms with Crippen LogP contribution in [0.15, 0.2) is 77.7 Å². The van der Waals surface area contributed by atoms with E-state index in [1.54, 1.807) is 42.5 Å². The maximum Gasteiger partial charge on any atom is 0.339 e. The van der Waals surface area contributed by atoms with Crippen molar-refractivity contribution in [2.45, 2.75) is 11.8 Å². The minimum Gasteiger partial charge on any atom is -0.465 e. The van der Waals surface area contributed by atoms with E-state index in [9.17, 15) is 18.0 Å². The number of urea groups is 1. The van der Waals surface area contributed by atoms with Gasteiger partial charge in [-0.1, -0.05) is 29.8 Å². The maximum absolute atomic E-state index is 12.5. The first-order chi connectivity index (χ1) is 14.8. The van der Waals surface area contributed by atoms with Crippen LogP contribution in [0.2, 0.25) is 0 Å². The Balaban J connectivity index is 1.65. The van der Waals surface area contributed by atoms with E-state index < -0.39 is 22.0 Å². The zero-order valence-corrected chi connectivity index (χ0v) is 17.7. The van der Waals surface area contributed by atoms with Crippen LogP contribution in [0.1, 0.15) is 15.9 Å². The summed E-state index contributed by atoms with van der Waals surface area (Å²) >= 11 is 0. The lowest BCUT2D eigenvalue weighted by molar-refractivity contribution is 0.0602. The minimum absolute atomic E-state index is 0.156. The fourth-order valence-electron chi connectivity index (χ4n) is 2.72. The van der Waals surface area contributed by atoms with Gasteiger partial charge in [-0.15, -0.1) is 0 Å². The average molecular weight is 439 g/mol. The molecule has 3 N–H and O–H groups in total. The van der Waals surface area contributed by atoms with Gasteiger partial charge in [0.2, 0.25) is 0 Å². The third-order valence-electron chi connectivity index (χ3n) is 4.31. The Labute approximate surface area is 180 Å². The Hall–Kier alpha value is -3.85. The molecule has 160 valence electrons. The van der Waals surface area contributed by atoms with Crippen LogP contribution in [0.3, 0.4) is 0 Å². The zero-order chi connectivity index (χ0) is 22.4. The zero-order valence-electron chi connectivity index (χ0n) is 16.9. The molecule has 0 radical (unpaired) electrons. The molecule has 0 unspecified atom stereocenters. The molecular weight excluding hydrogens is 418 g/mol. The summed E-state index contributed by atoms with van der Waals surface area (Å²) in [6.07, 6.45) is 0. The normalized spacial score (nSPS) is 10.8. The van der Waals surface area contributed by atoms with Gasteiger partial charge in [-0.25, -0.2) is 18.0 Å². The van der Waals surface area contributed by atoms with Crippen molar-refractivity contribution < 1.29 is 22.7 Å². The van der Waals surface area contributed by atoms with E-state index in [1.165, 1.54) is 37.4 Å². The summed E-state index contributed by atoms with van der Waals surface area (Å²) in [5, 5.41) is 5.21. The van der Waals surface area contributed by atoms with Gasteiger partial charge in [0.15, 0.2) is 0 Å². The lowest BCUT2D eigenvalue weighted by Crippen LogP contribution is -2.21. The number of sulfonamides is 1. The fraction of sp³-hybridized carbons (Fsp3) is 0.0909. The highest BCUT2D eigenvalue weighted by Gasteiger charge is 2.15. The van der Waals surface area contributed by atoms with Crippen LogP contribution in [0.4, 0.5) is 21.9 Å². The molecule has 0 bridgehead atoms. The fourth-order valence-corrected chi connectivity index (χ4v) is 3.78. The quantitative estimate of drug-likeness (QED) is 0.498. The minimum atomic E-state index is -3.72. The van der Waals surface area contributed by atoms with Crippen molar-refractivity contribution in [3.63, 3.8) is 0 Å². The van der Waals surface area contributed by atoms with Crippen LogP contribution < -0.4 is 15.4 Å². The molecule has 2 amide bonds. The number of ether oxygens (including phenoxy) is 1. The molecule has 3 rings (SSSR count). The molecule has 9 heteroatoms. The summed E-state index contributed by atoms with van der Waals surface area (Å²) in [6, 6.07) is 18.6.